The first-order chi connectivity index (χ1) is 9.26. The molecule has 0 aliphatic rings. The highest BCUT2D eigenvalue weighted by Gasteiger charge is 2.30. The van der Waals surface area contributed by atoms with Gasteiger partial charge in [-0.3, -0.25) is 9.69 Å². The number of halogens is 4. The van der Waals surface area contributed by atoms with Gasteiger partial charge in [0.05, 0.1) is 20.2 Å². The standard InChI is InChI=1S/C13H15F4NO2/c1-3-18(8-13(15,16)17)7-11(19)9-4-5-12(20-2)10(14)6-9/h4-6H,3,7-8H2,1-2H3. The van der Waals surface area contributed by atoms with Crippen molar-refractivity contribution in [2.45, 2.75) is 13.1 Å². The van der Waals surface area contributed by atoms with Crippen LogP contribution in [0.2, 0.25) is 0 Å². The third-order valence-electron chi connectivity index (χ3n) is 2.69. The molecule has 0 aromatic heterocycles. The molecule has 7 heteroatoms. The second kappa shape index (κ2) is 6.69. The van der Waals surface area contributed by atoms with Crippen molar-refractivity contribution in [2.24, 2.45) is 0 Å². The number of ether oxygens (including phenoxy) is 1. The first kappa shape index (κ1) is 16.4. The summed E-state index contributed by atoms with van der Waals surface area (Å²) in [6, 6.07) is 3.55. The van der Waals surface area contributed by atoms with Gasteiger partial charge in [0.25, 0.3) is 0 Å². The van der Waals surface area contributed by atoms with Crippen molar-refractivity contribution in [1.29, 1.82) is 0 Å². The smallest absolute Gasteiger partial charge is 0.401 e. The van der Waals surface area contributed by atoms with Crippen molar-refractivity contribution in [3.63, 3.8) is 0 Å². The van der Waals surface area contributed by atoms with Crippen LogP contribution in [0.4, 0.5) is 17.6 Å². The number of hydrogen-bond acceptors (Lipinski definition) is 3. The molecule has 0 N–H and O–H groups in total. The van der Waals surface area contributed by atoms with E-state index in [4.69, 9.17) is 4.74 Å². The van der Waals surface area contributed by atoms with E-state index < -0.39 is 30.9 Å². The summed E-state index contributed by atoms with van der Waals surface area (Å²) in [6.07, 6.45) is -4.37. The molecule has 0 aliphatic carbocycles. The average molecular weight is 293 g/mol. The van der Waals surface area contributed by atoms with Gasteiger partial charge >= 0.3 is 6.18 Å². The van der Waals surface area contributed by atoms with Crippen LogP contribution in [0, 0.1) is 5.82 Å². The predicted molar refractivity (Wildman–Crippen MR) is 65.5 cm³/mol. The van der Waals surface area contributed by atoms with E-state index in [1.54, 1.807) is 0 Å². The van der Waals surface area contributed by atoms with Gasteiger partial charge in [-0.25, -0.2) is 4.39 Å². The predicted octanol–water partition coefficient (Wildman–Crippen LogP) is 2.90. The van der Waals surface area contributed by atoms with Gasteiger partial charge in [-0.2, -0.15) is 13.2 Å². The number of alkyl halides is 3. The highest BCUT2D eigenvalue weighted by molar-refractivity contribution is 5.97. The Morgan fingerprint density at radius 2 is 2.00 bits per heavy atom. The summed E-state index contributed by atoms with van der Waals surface area (Å²) in [5.41, 5.74) is 0.0175. The van der Waals surface area contributed by atoms with E-state index in [1.165, 1.54) is 26.2 Å². The summed E-state index contributed by atoms with van der Waals surface area (Å²) in [6.45, 7) is 0.00711. The van der Waals surface area contributed by atoms with E-state index in [9.17, 15) is 22.4 Å². The molecule has 1 aromatic rings. The fraction of sp³-hybridized carbons (Fsp3) is 0.462. The van der Waals surface area contributed by atoms with Crippen molar-refractivity contribution in [3.05, 3.63) is 29.6 Å². The Morgan fingerprint density at radius 3 is 2.45 bits per heavy atom. The zero-order valence-electron chi connectivity index (χ0n) is 11.1. The average Bonchev–Trinajstić information content (AvgIpc) is 2.36. The third kappa shape index (κ3) is 4.80. The lowest BCUT2D eigenvalue weighted by Crippen LogP contribution is -2.37. The number of rotatable bonds is 6. The summed E-state index contributed by atoms with van der Waals surface area (Å²) < 4.78 is 55.0. The minimum Gasteiger partial charge on any atom is -0.494 e. The summed E-state index contributed by atoms with van der Waals surface area (Å²) in [5.74, 6) is -1.32. The van der Waals surface area contributed by atoms with Crippen molar-refractivity contribution in [3.8, 4) is 5.75 Å². The molecule has 1 rings (SSSR count). The van der Waals surface area contributed by atoms with Crippen LogP contribution < -0.4 is 4.74 Å². The van der Waals surface area contributed by atoms with E-state index >= 15 is 0 Å². The number of nitrogens with zero attached hydrogens (tertiary/aromatic N) is 1. The minimum absolute atomic E-state index is 0.0175. The van der Waals surface area contributed by atoms with Crippen LogP contribution in [0.15, 0.2) is 18.2 Å². The number of carbonyl (C=O) groups is 1. The molecule has 3 nitrogen and oxygen atoms in total. The lowest BCUT2D eigenvalue weighted by atomic mass is 10.1. The Hall–Kier alpha value is -1.63. The van der Waals surface area contributed by atoms with Gasteiger partial charge < -0.3 is 4.74 Å². The van der Waals surface area contributed by atoms with Gasteiger partial charge in [-0.1, -0.05) is 6.92 Å². The number of hydrogen-bond donors (Lipinski definition) is 0. The van der Waals surface area contributed by atoms with Crippen LogP contribution in [-0.4, -0.2) is 43.6 Å². The fourth-order valence-corrected chi connectivity index (χ4v) is 1.67. The van der Waals surface area contributed by atoms with Gasteiger partial charge in [-0.15, -0.1) is 0 Å². The van der Waals surface area contributed by atoms with E-state index in [1.807, 2.05) is 0 Å². The molecule has 0 saturated carbocycles. The minimum atomic E-state index is -4.37. The summed E-state index contributed by atoms with van der Waals surface area (Å²) >= 11 is 0. The number of benzene rings is 1. The van der Waals surface area contributed by atoms with Crippen molar-refractivity contribution >= 4 is 5.78 Å². The maximum absolute atomic E-state index is 13.4. The molecule has 112 valence electrons. The SMILES string of the molecule is CCN(CC(=O)c1ccc(OC)c(F)c1)CC(F)(F)F. The molecule has 0 spiro atoms. The van der Waals surface area contributed by atoms with Crippen molar-refractivity contribution in [2.75, 3.05) is 26.7 Å². The molecule has 0 bridgehead atoms. The van der Waals surface area contributed by atoms with E-state index in [-0.39, 0.29) is 17.9 Å². The number of methoxy groups -OCH3 is 1. The van der Waals surface area contributed by atoms with E-state index in [2.05, 4.69) is 0 Å². The monoisotopic (exact) mass is 293 g/mol. The van der Waals surface area contributed by atoms with Gasteiger partial charge in [-0.05, 0) is 24.7 Å². The van der Waals surface area contributed by atoms with Crippen molar-refractivity contribution < 1.29 is 27.1 Å². The Labute approximate surface area is 114 Å². The number of likely N-dealkylation sites (N-methyl/N-ethyl adjacent to an activating group) is 1. The largest absolute Gasteiger partial charge is 0.494 e. The Balaban J connectivity index is 2.77. The van der Waals surface area contributed by atoms with E-state index in [0.29, 0.717) is 0 Å². The maximum atomic E-state index is 13.4. The molecular weight excluding hydrogens is 278 g/mol. The van der Waals surface area contributed by atoms with Crippen LogP contribution >= 0.6 is 0 Å². The topological polar surface area (TPSA) is 29.5 Å². The van der Waals surface area contributed by atoms with Crippen LogP contribution in [0.3, 0.4) is 0 Å². The molecule has 0 aliphatic heterocycles. The molecule has 0 fully saturated rings. The highest BCUT2D eigenvalue weighted by atomic mass is 19.4. The molecule has 20 heavy (non-hydrogen) atoms. The molecule has 0 unspecified atom stereocenters. The second-order valence-corrected chi connectivity index (χ2v) is 4.19. The number of ketones is 1. The molecule has 0 saturated heterocycles. The van der Waals surface area contributed by atoms with Crippen molar-refractivity contribution in [1.82, 2.24) is 4.90 Å². The molecular formula is C13H15F4NO2. The van der Waals surface area contributed by atoms with Crippen LogP contribution in [0.1, 0.15) is 17.3 Å². The third-order valence-corrected chi connectivity index (χ3v) is 2.69. The van der Waals surface area contributed by atoms with Crippen LogP contribution in [0.5, 0.6) is 5.75 Å². The Morgan fingerprint density at radius 1 is 1.35 bits per heavy atom. The molecule has 0 atom stereocenters. The van der Waals surface area contributed by atoms with Gasteiger partial charge in [0, 0.05) is 5.56 Å². The van der Waals surface area contributed by atoms with Gasteiger partial charge in [0.2, 0.25) is 0 Å². The lowest BCUT2D eigenvalue weighted by molar-refractivity contribution is -0.144. The van der Waals surface area contributed by atoms with E-state index in [0.717, 1.165) is 11.0 Å². The normalized spacial score (nSPS) is 11.8. The van der Waals surface area contributed by atoms with Gasteiger partial charge in [0.1, 0.15) is 0 Å². The second-order valence-electron chi connectivity index (χ2n) is 4.19. The molecule has 0 heterocycles. The highest BCUT2D eigenvalue weighted by Crippen LogP contribution is 2.19. The first-order valence-electron chi connectivity index (χ1n) is 5.92. The fourth-order valence-electron chi connectivity index (χ4n) is 1.67. The van der Waals surface area contributed by atoms with Crippen LogP contribution in [-0.2, 0) is 0 Å². The van der Waals surface area contributed by atoms with Crippen LogP contribution in [0.25, 0.3) is 0 Å². The number of carbonyl (C=O) groups excluding carboxylic acids is 1. The molecule has 0 radical (unpaired) electrons. The Bertz CT molecular complexity index is 474. The molecule has 1 aromatic carbocycles. The zero-order valence-corrected chi connectivity index (χ0v) is 11.1. The Kier molecular flexibility index (Phi) is 5.50. The number of Topliss-reactive ketones (excluding diaryl/α,β-unsaturated/α-hetero) is 1. The van der Waals surface area contributed by atoms with Gasteiger partial charge in [0.15, 0.2) is 17.3 Å². The summed E-state index contributed by atoms with van der Waals surface area (Å²) in [4.78, 5) is 12.8. The summed E-state index contributed by atoms with van der Waals surface area (Å²) in [5, 5.41) is 0. The molecule has 0 amide bonds. The quantitative estimate of drug-likeness (QED) is 0.596. The first-order valence-corrected chi connectivity index (χ1v) is 5.92. The maximum Gasteiger partial charge on any atom is 0.401 e. The lowest BCUT2D eigenvalue weighted by Gasteiger charge is -2.21. The zero-order chi connectivity index (χ0) is 15.3. The summed E-state index contributed by atoms with van der Waals surface area (Å²) in [7, 11) is 1.28.